The van der Waals surface area contributed by atoms with E-state index >= 15 is 0 Å². The number of aromatic nitrogens is 3. The third-order valence-electron chi connectivity index (χ3n) is 12.6. The first-order valence-corrected chi connectivity index (χ1v) is 21.2. The normalized spacial score (nSPS) is 19.2. The van der Waals surface area contributed by atoms with Gasteiger partial charge in [-0.15, -0.1) is 0 Å². The molecule has 11 heteroatoms. The molecule has 3 heterocycles. The zero-order valence-corrected chi connectivity index (χ0v) is 35.5. The lowest BCUT2D eigenvalue weighted by Gasteiger charge is -2.37. The van der Waals surface area contributed by atoms with Crippen molar-refractivity contribution in [3.8, 4) is 29.0 Å². The lowest BCUT2D eigenvalue weighted by molar-refractivity contribution is -0.278. The van der Waals surface area contributed by atoms with E-state index in [0.29, 0.717) is 28.9 Å². The fourth-order valence-electron chi connectivity index (χ4n) is 9.85. The molecule has 1 saturated carbocycles. The molecule has 2 aliphatic rings. The minimum atomic E-state index is -1.09. The van der Waals surface area contributed by atoms with Gasteiger partial charge >= 0.3 is 5.97 Å². The predicted molar refractivity (Wildman–Crippen MR) is 234 cm³/mol. The number of benzene rings is 4. The molecule has 1 fully saturated rings. The highest BCUT2D eigenvalue weighted by Crippen LogP contribution is 2.48. The number of H-pyrrole nitrogens is 1. The number of rotatable bonds is 12. The lowest BCUT2D eigenvalue weighted by atomic mass is 9.75. The number of hydrogen-bond acceptors (Lipinski definition) is 9. The molecule has 8 rings (SSSR count). The Morgan fingerprint density at radius 2 is 1.57 bits per heavy atom. The first kappa shape index (κ1) is 40.7. The summed E-state index contributed by atoms with van der Waals surface area (Å²) < 4.78 is 14.5. The molecule has 0 amide bonds. The van der Waals surface area contributed by atoms with Crippen LogP contribution in [0.25, 0.3) is 17.0 Å². The third-order valence-corrected chi connectivity index (χ3v) is 12.6. The van der Waals surface area contributed by atoms with E-state index < -0.39 is 12.2 Å². The Labute approximate surface area is 352 Å². The number of carbonyl (C=O) groups is 1. The minimum absolute atomic E-state index is 0.0571. The molecule has 3 atom stereocenters. The van der Waals surface area contributed by atoms with Gasteiger partial charge in [0.2, 0.25) is 0 Å². The number of aromatic amines is 1. The number of aryl methyl sites for hydroxylation is 2. The van der Waals surface area contributed by atoms with Crippen molar-refractivity contribution in [3.63, 3.8) is 0 Å². The maximum atomic E-state index is 14.8. The Bertz CT molecular complexity index is 2510. The molecule has 3 unspecified atom stereocenters. The maximum Gasteiger partial charge on any atom is 0.343 e. The van der Waals surface area contributed by atoms with Gasteiger partial charge in [-0.05, 0) is 99.7 Å². The van der Waals surface area contributed by atoms with E-state index in [1.54, 1.807) is 4.52 Å². The molecule has 0 radical (unpaired) electrons. The summed E-state index contributed by atoms with van der Waals surface area (Å²) in [6.45, 7) is 16.4. The fourth-order valence-corrected chi connectivity index (χ4v) is 9.85. The van der Waals surface area contributed by atoms with E-state index in [-0.39, 0.29) is 52.9 Å². The molecule has 60 heavy (non-hydrogen) atoms. The number of esters is 1. The zero-order valence-electron chi connectivity index (χ0n) is 35.5. The van der Waals surface area contributed by atoms with Crippen LogP contribution in [0.2, 0.25) is 0 Å². The van der Waals surface area contributed by atoms with Gasteiger partial charge < -0.3 is 14.4 Å². The maximum absolute atomic E-state index is 14.8. The highest BCUT2D eigenvalue weighted by molar-refractivity contribution is 6.02. The van der Waals surface area contributed by atoms with Gasteiger partial charge in [0.25, 0.3) is 0 Å². The molecule has 0 spiro atoms. The van der Waals surface area contributed by atoms with Crippen LogP contribution in [-0.2, 0) is 9.62 Å². The van der Waals surface area contributed by atoms with E-state index in [9.17, 15) is 15.3 Å². The molecular weight excluding hydrogens is 753 g/mol. The first-order chi connectivity index (χ1) is 29.1. The molecule has 310 valence electrons. The zero-order chi connectivity index (χ0) is 42.2. The van der Waals surface area contributed by atoms with Gasteiger partial charge in [-0.25, -0.2) is 24.4 Å². The average Bonchev–Trinajstić information content (AvgIpc) is 3.79. The van der Waals surface area contributed by atoms with Gasteiger partial charge in [0.15, 0.2) is 23.5 Å². The van der Waals surface area contributed by atoms with Crippen LogP contribution in [0.15, 0.2) is 91.0 Å². The summed E-state index contributed by atoms with van der Waals surface area (Å²) in [6.07, 6.45) is 0.687. The molecule has 1 aliphatic heterocycles. The van der Waals surface area contributed by atoms with Crippen LogP contribution in [0.3, 0.4) is 0 Å². The molecule has 2 aromatic heterocycles. The van der Waals surface area contributed by atoms with Crippen LogP contribution >= 0.6 is 0 Å². The number of carbonyl (C=O) groups excluding carboxylic acids is 1. The van der Waals surface area contributed by atoms with Gasteiger partial charge in [0.05, 0.1) is 0 Å². The Balaban J connectivity index is 1.36. The van der Waals surface area contributed by atoms with Crippen LogP contribution in [0.4, 0.5) is 17.2 Å². The monoisotopic (exact) mass is 806 g/mol. The highest BCUT2D eigenvalue weighted by atomic mass is 17.1. The summed E-state index contributed by atoms with van der Waals surface area (Å²) in [4.78, 5) is 29.6. The van der Waals surface area contributed by atoms with Crippen molar-refractivity contribution in [1.82, 2.24) is 14.6 Å². The number of fused-ring (bicyclic) bond motifs is 3. The largest absolute Gasteiger partial charge is 0.458 e. The number of hydrogen-bond donors (Lipinski definition) is 2. The molecule has 0 saturated heterocycles. The van der Waals surface area contributed by atoms with Crippen molar-refractivity contribution in [1.29, 1.82) is 5.26 Å². The van der Waals surface area contributed by atoms with E-state index in [1.165, 1.54) is 0 Å². The Morgan fingerprint density at radius 1 is 0.933 bits per heavy atom. The third kappa shape index (κ3) is 7.28. The summed E-state index contributed by atoms with van der Waals surface area (Å²) in [7, 11) is 0. The predicted octanol–water partition coefficient (Wildman–Crippen LogP) is 11.2. The topological polar surface area (TPSA) is 128 Å². The van der Waals surface area contributed by atoms with Gasteiger partial charge in [-0.2, -0.15) is 5.26 Å². The van der Waals surface area contributed by atoms with Crippen molar-refractivity contribution in [2.75, 3.05) is 22.9 Å². The van der Waals surface area contributed by atoms with Crippen molar-refractivity contribution in [2.45, 2.75) is 86.0 Å². The summed E-state index contributed by atoms with van der Waals surface area (Å²) in [5, 5.41) is 26.0. The second-order valence-electron chi connectivity index (χ2n) is 16.7. The Kier molecular flexibility index (Phi) is 11.4. The smallest absolute Gasteiger partial charge is 0.343 e. The molecule has 4 aromatic carbocycles. The molecule has 6 aromatic rings. The number of nitriles is 1. The molecule has 1 aliphatic carbocycles. The van der Waals surface area contributed by atoms with Gasteiger partial charge in [0.1, 0.15) is 34.8 Å². The molecule has 11 nitrogen and oxygen atoms in total. The number of ether oxygens (including phenoxy) is 2. The van der Waals surface area contributed by atoms with Crippen molar-refractivity contribution < 1.29 is 24.4 Å². The lowest BCUT2D eigenvalue weighted by Crippen LogP contribution is -2.37. The Morgan fingerprint density at radius 3 is 2.17 bits per heavy atom. The van der Waals surface area contributed by atoms with Crippen LogP contribution in [0.1, 0.15) is 98.0 Å². The van der Waals surface area contributed by atoms with Crippen LogP contribution in [-0.4, -0.2) is 51.2 Å². The Hall–Kier alpha value is -6.09. The molecule has 0 bridgehead atoms. The van der Waals surface area contributed by atoms with E-state index in [2.05, 4.69) is 56.8 Å². The second kappa shape index (κ2) is 16.9. The first-order valence-electron chi connectivity index (χ1n) is 21.2. The van der Waals surface area contributed by atoms with E-state index in [0.717, 1.165) is 59.4 Å². The molecular formula is C49H54N6O5. The SMILES string of the molecule is CCN(CC)c1ccc(N(c2c(C#N)c(C(=O)OC3C(C)CC(C)CC3C)c3nc(-c4ccccc4C)[nH]n23)C(CC2c3ccccc3Oc3ccccc32)OO)c(C)c1. The average molecular weight is 807 g/mol. The number of nitrogens with one attached hydrogen (secondary N) is 1. The van der Waals surface area contributed by atoms with Crippen molar-refractivity contribution in [2.24, 2.45) is 17.8 Å². The summed E-state index contributed by atoms with van der Waals surface area (Å²) in [5.74, 6) is 2.13. The standard InChI is InChI=1S/C49H54N6O5/c1-8-53(9-2)34-22-23-40(31(5)26-34)54(43(60-57)27-38-36-18-12-14-20-41(36)58-42-21-15-13-19-37(38)42)48-39(28-50)44(49(56)59-45-32(6)24-29(3)25-33(45)7)47-51-46(52-55(47)48)35-17-11-10-16-30(35)4/h10-23,26,29,32-33,38,43,45,57H,8-9,24-25,27H2,1-7H3,(H,51,52). The van der Waals surface area contributed by atoms with Crippen molar-refractivity contribution in [3.05, 3.63) is 124 Å². The minimum Gasteiger partial charge on any atom is -0.458 e. The fraction of sp³-hybridized carbons (Fsp3) is 0.367. The number of anilines is 3. The quantitative estimate of drug-likeness (QED) is 0.0537. The summed E-state index contributed by atoms with van der Waals surface area (Å²) in [5.41, 5.74) is 6.63. The number of nitrogens with zero attached hydrogens (tertiary/aromatic N) is 5. The second-order valence-corrected chi connectivity index (χ2v) is 16.7. The summed E-state index contributed by atoms with van der Waals surface area (Å²) >= 11 is 0. The van der Waals surface area contributed by atoms with Crippen LogP contribution in [0, 0.1) is 42.9 Å². The van der Waals surface area contributed by atoms with E-state index in [1.807, 2.05) is 104 Å². The summed E-state index contributed by atoms with van der Waals surface area (Å²) in [6, 6.07) is 32.2. The van der Waals surface area contributed by atoms with Crippen LogP contribution < -0.4 is 14.5 Å². The number of para-hydroxylation sites is 2. The van der Waals surface area contributed by atoms with E-state index in [4.69, 9.17) is 19.3 Å². The van der Waals surface area contributed by atoms with Gasteiger partial charge in [-0.3, -0.25) is 10.00 Å². The van der Waals surface area contributed by atoms with Gasteiger partial charge in [0, 0.05) is 53.5 Å². The van der Waals surface area contributed by atoms with Gasteiger partial charge in [-0.1, -0.05) is 81.4 Å². The van der Waals surface area contributed by atoms with Crippen LogP contribution in [0.5, 0.6) is 11.5 Å². The molecule has 2 N–H and O–H groups in total. The highest BCUT2D eigenvalue weighted by Gasteiger charge is 2.41. The van der Waals surface area contributed by atoms with Crippen molar-refractivity contribution >= 4 is 28.8 Å².